The lowest BCUT2D eigenvalue weighted by Crippen LogP contribution is -2.47. The Morgan fingerprint density at radius 3 is 2.60 bits per heavy atom. The summed E-state index contributed by atoms with van der Waals surface area (Å²) in [4.78, 5) is 13.7. The van der Waals surface area contributed by atoms with Crippen LogP contribution in [0.2, 0.25) is 10.0 Å². The number of amides is 1. The summed E-state index contributed by atoms with van der Waals surface area (Å²) in [6.07, 6.45) is 4.56. The summed E-state index contributed by atoms with van der Waals surface area (Å²) >= 11 is 12.3. The summed E-state index contributed by atoms with van der Waals surface area (Å²) in [5, 5.41) is 35.9. The summed E-state index contributed by atoms with van der Waals surface area (Å²) in [6, 6.07) is 9.02. The van der Waals surface area contributed by atoms with Crippen molar-refractivity contribution in [3.05, 3.63) is 69.2 Å². The lowest BCUT2D eigenvalue weighted by molar-refractivity contribution is -0.123. The first-order valence-electron chi connectivity index (χ1n) is 13.7. The molecule has 4 rings (SSSR count). The molecule has 0 aromatic heterocycles. The van der Waals surface area contributed by atoms with Crippen molar-refractivity contribution in [3.8, 4) is 6.07 Å². The number of carbonyl (C=O) groups is 1. The van der Waals surface area contributed by atoms with E-state index in [4.69, 9.17) is 28.3 Å². The molecule has 1 amide bonds. The van der Waals surface area contributed by atoms with Crippen molar-refractivity contribution in [2.45, 2.75) is 81.4 Å². The highest BCUT2D eigenvalue weighted by atomic mass is 35.5. The number of carbonyl (C=O) groups excluding carboxylic acids is 1. The Labute approximate surface area is 243 Å². The van der Waals surface area contributed by atoms with E-state index in [1.54, 1.807) is 6.07 Å². The largest absolute Gasteiger partial charge is 0.394 e. The van der Waals surface area contributed by atoms with Crippen LogP contribution in [0.15, 0.2) is 36.4 Å². The topological polar surface area (TPSA) is 105 Å². The summed E-state index contributed by atoms with van der Waals surface area (Å²) < 4.78 is 31.5. The second kappa shape index (κ2) is 12.7. The van der Waals surface area contributed by atoms with Gasteiger partial charge in [-0.15, -0.1) is 0 Å². The van der Waals surface area contributed by atoms with Crippen LogP contribution in [-0.4, -0.2) is 47.5 Å². The maximum Gasteiger partial charge on any atom is 0.237 e. The Balaban J connectivity index is 1.88. The van der Waals surface area contributed by atoms with E-state index in [9.17, 15) is 15.2 Å². The van der Waals surface area contributed by atoms with Crippen molar-refractivity contribution in [3.63, 3.8) is 0 Å². The molecule has 1 saturated heterocycles. The SMILES string of the molecule is CC1(CC2N[C@@H](C(=O)NCC[C@H](O)CO)[C@H](c3cccc(Cl)c3F)[C@@]2(C#N)c2ccc(Cl)cc2F)CCCCC1. The lowest BCUT2D eigenvalue weighted by atomic mass is 9.61. The molecule has 6 nitrogen and oxygen atoms in total. The summed E-state index contributed by atoms with van der Waals surface area (Å²) in [7, 11) is 0. The molecular weight excluding hydrogens is 559 g/mol. The second-order valence-corrected chi connectivity index (χ2v) is 12.3. The number of nitrogens with one attached hydrogen (secondary N) is 2. The van der Waals surface area contributed by atoms with Gasteiger partial charge in [0.2, 0.25) is 5.91 Å². The molecule has 216 valence electrons. The van der Waals surface area contributed by atoms with Crippen molar-refractivity contribution >= 4 is 29.1 Å². The molecule has 1 unspecified atom stereocenters. The van der Waals surface area contributed by atoms with E-state index in [1.807, 2.05) is 0 Å². The number of aliphatic hydroxyl groups is 2. The monoisotopic (exact) mass is 593 g/mol. The van der Waals surface area contributed by atoms with Crippen LogP contribution in [0, 0.1) is 28.4 Å². The van der Waals surface area contributed by atoms with Crippen LogP contribution in [0.4, 0.5) is 8.78 Å². The van der Waals surface area contributed by atoms with Gasteiger partial charge >= 0.3 is 0 Å². The number of nitrogens with zero attached hydrogens (tertiary/aromatic N) is 1. The molecule has 1 saturated carbocycles. The Morgan fingerprint density at radius 1 is 1.23 bits per heavy atom. The van der Waals surface area contributed by atoms with Crippen molar-refractivity contribution in [1.29, 1.82) is 5.26 Å². The predicted molar refractivity (Wildman–Crippen MR) is 150 cm³/mol. The van der Waals surface area contributed by atoms with Crippen LogP contribution >= 0.6 is 23.2 Å². The Morgan fingerprint density at radius 2 is 1.95 bits per heavy atom. The molecule has 2 fully saturated rings. The minimum Gasteiger partial charge on any atom is -0.394 e. The first-order valence-corrected chi connectivity index (χ1v) is 14.5. The van der Waals surface area contributed by atoms with Crippen molar-refractivity contribution in [2.24, 2.45) is 5.41 Å². The fourth-order valence-electron chi connectivity index (χ4n) is 6.61. The number of hydrogen-bond donors (Lipinski definition) is 4. The molecule has 10 heteroatoms. The van der Waals surface area contributed by atoms with Gasteiger partial charge in [0.15, 0.2) is 0 Å². The summed E-state index contributed by atoms with van der Waals surface area (Å²) in [5.74, 6) is -3.16. The van der Waals surface area contributed by atoms with E-state index in [1.165, 1.54) is 24.3 Å². The molecule has 40 heavy (non-hydrogen) atoms. The fourth-order valence-corrected chi connectivity index (χ4v) is 6.95. The van der Waals surface area contributed by atoms with Crippen molar-refractivity contribution in [2.75, 3.05) is 13.2 Å². The van der Waals surface area contributed by atoms with E-state index in [2.05, 4.69) is 23.6 Å². The zero-order chi connectivity index (χ0) is 29.1. The molecular formula is C30H35Cl2F2N3O3. The summed E-state index contributed by atoms with van der Waals surface area (Å²) in [5.41, 5.74) is -1.79. The highest BCUT2D eigenvalue weighted by Crippen LogP contribution is 2.54. The van der Waals surface area contributed by atoms with Crippen LogP contribution in [0.25, 0.3) is 0 Å². The molecule has 0 bridgehead atoms. The molecule has 1 aliphatic heterocycles. The number of nitriles is 1. The molecule has 5 atom stereocenters. The van der Waals surface area contributed by atoms with Gasteiger partial charge in [-0.1, -0.05) is 67.6 Å². The van der Waals surface area contributed by atoms with Crippen LogP contribution in [-0.2, 0) is 10.2 Å². The number of benzene rings is 2. The first kappa shape index (κ1) is 30.7. The third-order valence-corrected chi connectivity index (χ3v) is 9.19. The van der Waals surface area contributed by atoms with E-state index < -0.39 is 53.7 Å². The zero-order valence-electron chi connectivity index (χ0n) is 22.4. The number of halogens is 4. The van der Waals surface area contributed by atoms with E-state index in [-0.39, 0.29) is 39.6 Å². The smallest absolute Gasteiger partial charge is 0.237 e. The number of hydrogen-bond acceptors (Lipinski definition) is 5. The highest BCUT2D eigenvalue weighted by molar-refractivity contribution is 6.31. The quantitative estimate of drug-likeness (QED) is 0.312. The fraction of sp³-hybridized carbons (Fsp3) is 0.533. The minimum atomic E-state index is -1.69. The van der Waals surface area contributed by atoms with E-state index in [0.717, 1.165) is 38.2 Å². The molecule has 2 aliphatic rings. The molecule has 2 aromatic carbocycles. The minimum absolute atomic E-state index is 0.0303. The van der Waals surface area contributed by atoms with Crippen LogP contribution < -0.4 is 10.6 Å². The maximum atomic E-state index is 15.8. The standard InChI is InChI=1S/C30H35Cl2F2N3O3/c1-29(11-3-2-4-12-29)15-24-30(17-35,21-9-8-18(31)14-23(21)33)25(20-6-5-7-22(32)26(20)34)27(37-24)28(40)36-13-10-19(39)16-38/h5-9,14,19,24-25,27,37-39H,2-4,10-13,15-16H2,1H3,(H,36,40)/t19-,24?,25-,27+,30-/m0/s1. The first-order chi connectivity index (χ1) is 19.1. The number of aliphatic hydroxyl groups excluding tert-OH is 2. The van der Waals surface area contributed by atoms with E-state index in [0.29, 0.717) is 6.42 Å². The van der Waals surface area contributed by atoms with Crippen LogP contribution in [0.5, 0.6) is 0 Å². The van der Waals surface area contributed by atoms with Gasteiger partial charge in [-0.05, 0) is 54.9 Å². The maximum absolute atomic E-state index is 15.8. The van der Waals surface area contributed by atoms with Gasteiger partial charge in [-0.25, -0.2) is 8.78 Å². The normalized spacial score (nSPS) is 26.7. The Hall–Kier alpha value is -2.28. The van der Waals surface area contributed by atoms with Gasteiger partial charge < -0.3 is 20.8 Å². The van der Waals surface area contributed by atoms with Crippen molar-refractivity contribution < 1.29 is 23.8 Å². The molecule has 1 aliphatic carbocycles. The van der Waals surface area contributed by atoms with Gasteiger partial charge in [-0.2, -0.15) is 5.26 Å². The Kier molecular flexibility index (Phi) is 9.74. The van der Waals surface area contributed by atoms with Gasteiger partial charge in [0.1, 0.15) is 17.0 Å². The lowest BCUT2D eigenvalue weighted by Gasteiger charge is -2.41. The van der Waals surface area contributed by atoms with Gasteiger partial charge in [-0.3, -0.25) is 4.79 Å². The van der Waals surface area contributed by atoms with Crippen LogP contribution in [0.1, 0.15) is 68.9 Å². The van der Waals surface area contributed by atoms with Gasteiger partial charge in [0, 0.05) is 29.1 Å². The molecule has 2 aromatic rings. The molecule has 0 radical (unpaired) electrons. The molecule has 4 N–H and O–H groups in total. The van der Waals surface area contributed by atoms with E-state index >= 15 is 8.78 Å². The predicted octanol–water partition coefficient (Wildman–Crippen LogP) is 5.38. The number of rotatable bonds is 9. The zero-order valence-corrected chi connectivity index (χ0v) is 23.9. The average Bonchev–Trinajstić information content (AvgIpc) is 3.24. The molecule has 0 spiro atoms. The second-order valence-electron chi connectivity index (χ2n) is 11.4. The van der Waals surface area contributed by atoms with Gasteiger partial charge in [0.25, 0.3) is 0 Å². The summed E-state index contributed by atoms with van der Waals surface area (Å²) in [6.45, 7) is 1.73. The molecule has 1 heterocycles. The van der Waals surface area contributed by atoms with Gasteiger partial charge in [0.05, 0.1) is 29.8 Å². The highest BCUT2D eigenvalue weighted by Gasteiger charge is 2.61. The third kappa shape index (κ3) is 6.00. The average molecular weight is 595 g/mol. The van der Waals surface area contributed by atoms with Crippen molar-refractivity contribution in [1.82, 2.24) is 10.6 Å². The Bertz CT molecular complexity index is 1270. The third-order valence-electron chi connectivity index (χ3n) is 8.66. The van der Waals surface area contributed by atoms with Crippen LogP contribution in [0.3, 0.4) is 0 Å².